The maximum atomic E-state index is 4.48. The highest BCUT2D eigenvalue weighted by molar-refractivity contribution is 5.93. The van der Waals surface area contributed by atoms with E-state index in [9.17, 15) is 0 Å². The van der Waals surface area contributed by atoms with Gasteiger partial charge in [-0.1, -0.05) is 26.3 Å². The van der Waals surface area contributed by atoms with Crippen LogP contribution in [0.3, 0.4) is 0 Å². The van der Waals surface area contributed by atoms with Crippen molar-refractivity contribution in [3.05, 3.63) is 36.0 Å². The summed E-state index contributed by atoms with van der Waals surface area (Å²) in [5.41, 5.74) is 3.55. The molecular weight excluding hydrogens is 220 g/mol. The first-order valence-corrected chi connectivity index (χ1v) is 6.87. The van der Waals surface area contributed by atoms with Crippen molar-refractivity contribution in [2.45, 2.75) is 46.1 Å². The van der Waals surface area contributed by atoms with Gasteiger partial charge in [-0.25, -0.2) is 0 Å². The summed E-state index contributed by atoms with van der Waals surface area (Å²) in [5.74, 6) is 0. The van der Waals surface area contributed by atoms with E-state index in [0.29, 0.717) is 6.04 Å². The first kappa shape index (κ1) is 12.9. The molecule has 2 aromatic rings. The zero-order chi connectivity index (χ0) is 13.0. The predicted octanol–water partition coefficient (Wildman–Crippen LogP) is 4.53. The highest BCUT2D eigenvalue weighted by Crippen LogP contribution is 2.26. The van der Waals surface area contributed by atoms with Crippen molar-refractivity contribution in [3.63, 3.8) is 0 Å². The van der Waals surface area contributed by atoms with Gasteiger partial charge in [-0.2, -0.15) is 0 Å². The van der Waals surface area contributed by atoms with E-state index in [2.05, 4.69) is 49.3 Å². The molecule has 96 valence electrons. The van der Waals surface area contributed by atoms with Crippen LogP contribution in [0.25, 0.3) is 10.9 Å². The summed E-state index contributed by atoms with van der Waals surface area (Å²) in [6.45, 7) is 6.59. The molecule has 0 saturated carbocycles. The van der Waals surface area contributed by atoms with E-state index in [0.717, 1.165) is 11.9 Å². The molecule has 1 aromatic heterocycles. The minimum atomic E-state index is 0.557. The van der Waals surface area contributed by atoms with Gasteiger partial charge in [0.05, 0.1) is 5.52 Å². The van der Waals surface area contributed by atoms with Crippen LogP contribution in [0.2, 0.25) is 0 Å². The Balaban J connectivity index is 2.36. The summed E-state index contributed by atoms with van der Waals surface area (Å²) in [4.78, 5) is 4.48. The average molecular weight is 242 g/mol. The number of benzene rings is 1. The molecule has 0 aliphatic carbocycles. The molecule has 1 N–H and O–H groups in total. The molecule has 2 nitrogen and oxygen atoms in total. The maximum Gasteiger partial charge on any atom is 0.0751 e. The highest BCUT2D eigenvalue weighted by atomic mass is 14.9. The summed E-state index contributed by atoms with van der Waals surface area (Å²) < 4.78 is 0. The van der Waals surface area contributed by atoms with Crippen molar-refractivity contribution in [3.8, 4) is 0 Å². The van der Waals surface area contributed by atoms with Crippen molar-refractivity contribution in [1.82, 2.24) is 4.98 Å². The normalized spacial score (nSPS) is 12.6. The van der Waals surface area contributed by atoms with Gasteiger partial charge >= 0.3 is 0 Å². The lowest BCUT2D eigenvalue weighted by atomic mass is 10.1. The second-order valence-electron chi connectivity index (χ2n) is 4.87. The predicted molar refractivity (Wildman–Crippen MR) is 79.1 cm³/mol. The number of aromatic nitrogens is 1. The first-order valence-electron chi connectivity index (χ1n) is 6.87. The number of rotatable bonds is 5. The number of pyridine rings is 1. The standard InChI is InChI=1S/C16H22N2/c1-4-7-13(5-2)18-15-10-9-12(3)16-14(15)8-6-11-17-16/h6,8-11,13,18H,4-5,7H2,1-3H3. The fourth-order valence-corrected chi connectivity index (χ4v) is 2.39. The number of nitrogens with one attached hydrogen (secondary N) is 1. The molecule has 0 aliphatic heterocycles. The molecular formula is C16H22N2. The molecule has 0 aliphatic rings. The number of anilines is 1. The van der Waals surface area contributed by atoms with Gasteiger partial charge in [0.15, 0.2) is 0 Å². The van der Waals surface area contributed by atoms with E-state index in [1.54, 1.807) is 0 Å². The molecule has 18 heavy (non-hydrogen) atoms. The van der Waals surface area contributed by atoms with Crippen LogP contribution in [-0.2, 0) is 0 Å². The Bertz CT molecular complexity index is 519. The Morgan fingerprint density at radius 1 is 1.22 bits per heavy atom. The molecule has 1 unspecified atom stereocenters. The zero-order valence-corrected chi connectivity index (χ0v) is 11.5. The van der Waals surface area contributed by atoms with Crippen LogP contribution in [-0.4, -0.2) is 11.0 Å². The number of hydrogen-bond donors (Lipinski definition) is 1. The summed E-state index contributed by atoms with van der Waals surface area (Å²) in [6, 6.07) is 9.04. The van der Waals surface area contributed by atoms with Gasteiger partial charge in [-0.3, -0.25) is 4.98 Å². The first-order chi connectivity index (χ1) is 8.76. The van der Waals surface area contributed by atoms with Crippen molar-refractivity contribution in [1.29, 1.82) is 0 Å². The molecule has 0 radical (unpaired) electrons. The third-order valence-corrected chi connectivity index (χ3v) is 3.46. The molecule has 0 bridgehead atoms. The summed E-state index contributed by atoms with van der Waals surface area (Å²) in [7, 11) is 0. The quantitative estimate of drug-likeness (QED) is 0.833. The van der Waals surface area contributed by atoms with Crippen LogP contribution in [0.4, 0.5) is 5.69 Å². The van der Waals surface area contributed by atoms with Crippen LogP contribution in [0.1, 0.15) is 38.7 Å². The molecule has 0 amide bonds. The van der Waals surface area contributed by atoms with E-state index in [4.69, 9.17) is 0 Å². The molecule has 0 saturated heterocycles. The van der Waals surface area contributed by atoms with Crippen LogP contribution < -0.4 is 5.32 Å². The largest absolute Gasteiger partial charge is 0.382 e. The lowest BCUT2D eigenvalue weighted by Crippen LogP contribution is -2.18. The fourth-order valence-electron chi connectivity index (χ4n) is 2.39. The minimum Gasteiger partial charge on any atom is -0.382 e. The van der Waals surface area contributed by atoms with E-state index in [1.165, 1.54) is 29.5 Å². The van der Waals surface area contributed by atoms with Crippen molar-refractivity contribution < 1.29 is 0 Å². The van der Waals surface area contributed by atoms with Gasteiger partial charge in [0.25, 0.3) is 0 Å². The van der Waals surface area contributed by atoms with Crippen LogP contribution >= 0.6 is 0 Å². The maximum absolute atomic E-state index is 4.48. The van der Waals surface area contributed by atoms with Crippen molar-refractivity contribution >= 4 is 16.6 Å². The Labute approximate surface area is 109 Å². The smallest absolute Gasteiger partial charge is 0.0751 e. The second kappa shape index (κ2) is 5.85. The summed E-state index contributed by atoms with van der Waals surface area (Å²) in [5, 5.41) is 4.89. The number of aryl methyl sites for hydroxylation is 1. The Hall–Kier alpha value is -1.57. The lowest BCUT2D eigenvalue weighted by Gasteiger charge is -2.19. The summed E-state index contributed by atoms with van der Waals surface area (Å²) in [6.07, 6.45) is 5.45. The third kappa shape index (κ3) is 2.63. The SMILES string of the molecule is CCCC(CC)Nc1ccc(C)c2ncccc12. The third-order valence-electron chi connectivity index (χ3n) is 3.46. The van der Waals surface area contributed by atoms with Crippen LogP contribution in [0, 0.1) is 6.92 Å². The highest BCUT2D eigenvalue weighted by Gasteiger charge is 2.08. The monoisotopic (exact) mass is 242 g/mol. The van der Waals surface area contributed by atoms with Crippen LogP contribution in [0.15, 0.2) is 30.5 Å². The van der Waals surface area contributed by atoms with E-state index in [1.807, 2.05) is 12.3 Å². The number of fused-ring (bicyclic) bond motifs is 1. The number of nitrogens with zero attached hydrogens (tertiary/aromatic N) is 1. The molecule has 1 atom stereocenters. The van der Waals surface area contributed by atoms with Gasteiger partial charge in [0.2, 0.25) is 0 Å². The van der Waals surface area contributed by atoms with Gasteiger partial charge in [-0.05, 0) is 43.5 Å². The van der Waals surface area contributed by atoms with Gasteiger partial charge < -0.3 is 5.32 Å². The second-order valence-corrected chi connectivity index (χ2v) is 4.87. The van der Waals surface area contributed by atoms with E-state index < -0.39 is 0 Å². The molecule has 2 rings (SSSR count). The molecule has 1 heterocycles. The van der Waals surface area contributed by atoms with E-state index in [-0.39, 0.29) is 0 Å². The minimum absolute atomic E-state index is 0.557. The van der Waals surface area contributed by atoms with Crippen LogP contribution in [0.5, 0.6) is 0 Å². The topological polar surface area (TPSA) is 24.9 Å². The Morgan fingerprint density at radius 3 is 2.78 bits per heavy atom. The molecule has 0 spiro atoms. The molecule has 0 fully saturated rings. The molecule has 2 heteroatoms. The van der Waals surface area contributed by atoms with E-state index >= 15 is 0 Å². The van der Waals surface area contributed by atoms with Crippen molar-refractivity contribution in [2.75, 3.05) is 5.32 Å². The van der Waals surface area contributed by atoms with Gasteiger partial charge in [0.1, 0.15) is 0 Å². The number of hydrogen-bond acceptors (Lipinski definition) is 2. The average Bonchev–Trinajstić information content (AvgIpc) is 2.41. The fraction of sp³-hybridized carbons (Fsp3) is 0.438. The lowest BCUT2D eigenvalue weighted by molar-refractivity contribution is 0.623. The molecule has 1 aromatic carbocycles. The van der Waals surface area contributed by atoms with Gasteiger partial charge in [-0.15, -0.1) is 0 Å². The Morgan fingerprint density at radius 2 is 2.06 bits per heavy atom. The summed E-state index contributed by atoms with van der Waals surface area (Å²) >= 11 is 0. The van der Waals surface area contributed by atoms with Crippen molar-refractivity contribution in [2.24, 2.45) is 0 Å². The zero-order valence-electron chi connectivity index (χ0n) is 11.5. The Kier molecular flexibility index (Phi) is 4.19. The van der Waals surface area contributed by atoms with Gasteiger partial charge in [0, 0.05) is 23.3 Å².